The highest BCUT2D eigenvalue weighted by molar-refractivity contribution is 4.72. The van der Waals surface area contributed by atoms with Crippen LogP contribution in [0.15, 0.2) is 0 Å². The van der Waals surface area contributed by atoms with Gasteiger partial charge in [0.2, 0.25) is 0 Å². The molecule has 1 N–H and O–H groups in total. The molecule has 0 aliphatic carbocycles. The molecule has 2 heteroatoms. The van der Waals surface area contributed by atoms with E-state index in [0.717, 1.165) is 12.5 Å². The number of likely N-dealkylation sites (tertiary alicyclic amines) is 1. The lowest BCUT2D eigenvalue weighted by Crippen LogP contribution is -2.37. The average molecular weight is 171 g/mol. The molecule has 0 aromatic carbocycles. The summed E-state index contributed by atoms with van der Waals surface area (Å²) in [6.45, 7) is 7.37. The number of aliphatic hydroxyl groups is 1. The molecular weight excluding hydrogens is 150 g/mol. The largest absolute Gasteiger partial charge is 0.392 e. The van der Waals surface area contributed by atoms with Gasteiger partial charge in [-0.25, -0.2) is 0 Å². The van der Waals surface area contributed by atoms with Gasteiger partial charge in [0.25, 0.3) is 0 Å². The van der Waals surface area contributed by atoms with Gasteiger partial charge in [0.1, 0.15) is 0 Å². The second-order valence-corrected chi connectivity index (χ2v) is 4.00. The summed E-state index contributed by atoms with van der Waals surface area (Å²) in [5.41, 5.74) is 0. The molecule has 1 aliphatic heterocycles. The Kier molecular flexibility index (Phi) is 4.02. The van der Waals surface area contributed by atoms with E-state index in [1.54, 1.807) is 0 Å². The summed E-state index contributed by atoms with van der Waals surface area (Å²) in [5, 5.41) is 9.19. The van der Waals surface area contributed by atoms with E-state index >= 15 is 0 Å². The molecule has 0 aromatic rings. The summed E-state index contributed by atoms with van der Waals surface area (Å²) < 4.78 is 0. The predicted molar refractivity (Wildman–Crippen MR) is 51.1 cm³/mol. The molecule has 1 rings (SSSR count). The molecule has 2 nitrogen and oxygen atoms in total. The van der Waals surface area contributed by atoms with Gasteiger partial charge in [-0.3, -0.25) is 0 Å². The van der Waals surface area contributed by atoms with Crippen molar-refractivity contribution in [3.63, 3.8) is 0 Å². The molecular formula is C10H21NO. The topological polar surface area (TPSA) is 23.5 Å². The van der Waals surface area contributed by atoms with Gasteiger partial charge in [-0.15, -0.1) is 0 Å². The van der Waals surface area contributed by atoms with Gasteiger partial charge in [0.05, 0.1) is 6.10 Å². The number of aliphatic hydroxyl groups excluding tert-OH is 1. The van der Waals surface area contributed by atoms with Crippen LogP contribution < -0.4 is 0 Å². The summed E-state index contributed by atoms with van der Waals surface area (Å²) in [5.74, 6) is 0.940. The highest BCUT2D eigenvalue weighted by atomic mass is 16.3. The van der Waals surface area contributed by atoms with E-state index < -0.39 is 0 Å². The van der Waals surface area contributed by atoms with Gasteiger partial charge in [0, 0.05) is 6.54 Å². The number of nitrogens with zero attached hydrogens (tertiary/aromatic N) is 1. The molecule has 12 heavy (non-hydrogen) atoms. The molecule has 1 unspecified atom stereocenters. The molecule has 1 aliphatic rings. The van der Waals surface area contributed by atoms with Crippen LogP contribution in [-0.2, 0) is 0 Å². The maximum Gasteiger partial charge on any atom is 0.0639 e. The molecule has 72 valence electrons. The quantitative estimate of drug-likeness (QED) is 0.695. The third kappa shape index (κ3) is 3.11. The number of piperidine rings is 1. The van der Waals surface area contributed by atoms with E-state index in [-0.39, 0.29) is 6.10 Å². The minimum absolute atomic E-state index is 0.164. The van der Waals surface area contributed by atoms with Crippen LogP contribution in [0.5, 0.6) is 0 Å². The van der Waals surface area contributed by atoms with Crippen molar-refractivity contribution in [2.24, 2.45) is 5.92 Å². The van der Waals surface area contributed by atoms with Crippen LogP contribution >= 0.6 is 0 Å². The highest BCUT2D eigenvalue weighted by Gasteiger charge is 2.17. The second-order valence-electron chi connectivity index (χ2n) is 4.00. The Morgan fingerprint density at radius 3 is 2.42 bits per heavy atom. The van der Waals surface area contributed by atoms with E-state index in [9.17, 15) is 5.11 Å². The van der Waals surface area contributed by atoms with Crippen molar-refractivity contribution in [3.05, 3.63) is 0 Å². The Morgan fingerprint density at radius 1 is 1.42 bits per heavy atom. The minimum atomic E-state index is -0.164. The first-order valence-electron chi connectivity index (χ1n) is 5.12. The molecule has 1 fully saturated rings. The fourth-order valence-corrected chi connectivity index (χ4v) is 1.95. The fraction of sp³-hybridized carbons (Fsp3) is 1.00. The summed E-state index contributed by atoms with van der Waals surface area (Å²) in [6, 6.07) is 0. The van der Waals surface area contributed by atoms with Crippen molar-refractivity contribution < 1.29 is 5.11 Å². The third-order valence-corrected chi connectivity index (χ3v) is 2.81. The van der Waals surface area contributed by atoms with Crippen LogP contribution in [0.2, 0.25) is 0 Å². The summed E-state index contributed by atoms with van der Waals surface area (Å²) in [4.78, 5) is 2.37. The molecule has 0 radical (unpaired) electrons. The van der Waals surface area contributed by atoms with Crippen LogP contribution in [-0.4, -0.2) is 35.7 Å². The van der Waals surface area contributed by atoms with E-state index in [0.29, 0.717) is 0 Å². The zero-order valence-corrected chi connectivity index (χ0v) is 8.29. The van der Waals surface area contributed by atoms with E-state index in [1.807, 2.05) is 6.92 Å². The predicted octanol–water partition coefficient (Wildman–Crippen LogP) is 1.49. The van der Waals surface area contributed by atoms with Crippen LogP contribution in [0.4, 0.5) is 0 Å². The third-order valence-electron chi connectivity index (χ3n) is 2.81. The molecule has 0 amide bonds. The molecule has 0 aromatic heterocycles. The molecule has 1 atom stereocenters. The van der Waals surface area contributed by atoms with E-state index in [4.69, 9.17) is 0 Å². The Hall–Kier alpha value is -0.0800. The Bertz CT molecular complexity index is 117. The first-order chi connectivity index (χ1) is 5.72. The Labute approximate surface area is 75.6 Å². The first kappa shape index (κ1) is 10.0. The Morgan fingerprint density at radius 2 is 2.00 bits per heavy atom. The van der Waals surface area contributed by atoms with E-state index in [1.165, 1.54) is 32.4 Å². The van der Waals surface area contributed by atoms with Crippen molar-refractivity contribution in [1.82, 2.24) is 4.90 Å². The molecule has 0 bridgehead atoms. The number of rotatable bonds is 3. The van der Waals surface area contributed by atoms with Crippen LogP contribution in [0.3, 0.4) is 0 Å². The monoisotopic (exact) mass is 171 g/mol. The molecule has 1 saturated heterocycles. The van der Waals surface area contributed by atoms with Gasteiger partial charge in [-0.05, 0) is 38.8 Å². The van der Waals surface area contributed by atoms with Crippen molar-refractivity contribution in [1.29, 1.82) is 0 Å². The van der Waals surface area contributed by atoms with Gasteiger partial charge in [-0.2, -0.15) is 0 Å². The van der Waals surface area contributed by atoms with Gasteiger partial charge in [0.15, 0.2) is 0 Å². The summed E-state index contributed by atoms with van der Waals surface area (Å²) in [7, 11) is 0. The summed E-state index contributed by atoms with van der Waals surface area (Å²) in [6.07, 6.45) is 3.80. The lowest BCUT2D eigenvalue weighted by atomic mass is 9.94. The average Bonchev–Trinajstić information content (AvgIpc) is 2.05. The van der Waals surface area contributed by atoms with Crippen molar-refractivity contribution in [2.75, 3.05) is 19.6 Å². The first-order valence-corrected chi connectivity index (χ1v) is 5.12. The molecule has 0 spiro atoms. The molecule has 0 saturated carbocycles. The number of β-amino-alcohol motifs (C(OH)–C–C–N with tert-alkyl or cyclic N) is 1. The maximum atomic E-state index is 9.19. The smallest absolute Gasteiger partial charge is 0.0639 e. The minimum Gasteiger partial charge on any atom is -0.392 e. The van der Waals surface area contributed by atoms with E-state index in [2.05, 4.69) is 11.8 Å². The second kappa shape index (κ2) is 4.83. The van der Waals surface area contributed by atoms with Gasteiger partial charge >= 0.3 is 0 Å². The maximum absolute atomic E-state index is 9.19. The van der Waals surface area contributed by atoms with Gasteiger partial charge < -0.3 is 10.0 Å². The van der Waals surface area contributed by atoms with Gasteiger partial charge in [-0.1, -0.05) is 13.3 Å². The lowest BCUT2D eigenvalue weighted by molar-refractivity contribution is 0.0994. The Balaban J connectivity index is 2.17. The number of hydrogen-bond acceptors (Lipinski definition) is 2. The van der Waals surface area contributed by atoms with Crippen molar-refractivity contribution in [3.8, 4) is 0 Å². The zero-order chi connectivity index (χ0) is 8.97. The summed E-state index contributed by atoms with van der Waals surface area (Å²) >= 11 is 0. The SMILES string of the molecule is CCC1CCN(CC(C)O)CC1. The fourth-order valence-electron chi connectivity index (χ4n) is 1.95. The van der Waals surface area contributed by atoms with Crippen LogP contribution in [0.1, 0.15) is 33.1 Å². The standard InChI is InChI=1S/C10H21NO/c1-3-10-4-6-11(7-5-10)8-9(2)12/h9-10,12H,3-8H2,1-2H3. The van der Waals surface area contributed by atoms with Crippen molar-refractivity contribution in [2.45, 2.75) is 39.2 Å². The number of hydrogen-bond donors (Lipinski definition) is 1. The zero-order valence-electron chi connectivity index (χ0n) is 8.29. The lowest BCUT2D eigenvalue weighted by Gasteiger charge is -2.32. The van der Waals surface area contributed by atoms with Crippen LogP contribution in [0.25, 0.3) is 0 Å². The normalized spacial score (nSPS) is 24.2. The molecule has 1 heterocycles. The van der Waals surface area contributed by atoms with Crippen molar-refractivity contribution >= 4 is 0 Å². The van der Waals surface area contributed by atoms with Crippen LogP contribution in [0, 0.1) is 5.92 Å². The highest BCUT2D eigenvalue weighted by Crippen LogP contribution is 2.19.